The molecule has 1 aromatic heterocycles. The molecular weight excluding hydrogens is 623 g/mol. The number of imidazole rings is 1. The topological polar surface area (TPSA) is 64.2 Å². The predicted molar refractivity (Wildman–Crippen MR) is 196 cm³/mol. The third-order valence-corrected chi connectivity index (χ3v) is 8.76. The maximum Gasteiger partial charge on any atom is 0.137 e. The average Bonchev–Trinajstić information content (AvgIpc) is 3.37. The molecule has 4 aromatic rings. The van der Waals surface area contributed by atoms with Crippen LogP contribution in [-0.2, 0) is 10.8 Å². The lowest BCUT2D eigenvalue weighted by Crippen LogP contribution is -2.52. The predicted octanol–water partition coefficient (Wildman–Crippen LogP) is 8.38. The first-order valence-electron chi connectivity index (χ1n) is 15.4. The van der Waals surface area contributed by atoms with Gasteiger partial charge in [0.1, 0.15) is 11.9 Å². The number of rotatable bonds is 7. The highest BCUT2D eigenvalue weighted by atomic mass is 35.5. The summed E-state index contributed by atoms with van der Waals surface area (Å²) in [4.78, 5) is 10.9. The molecule has 0 saturated carbocycles. The molecule has 0 aliphatic carbocycles. The van der Waals surface area contributed by atoms with E-state index in [2.05, 4.69) is 117 Å². The monoisotopic (exact) mass is 672 g/mol. The number of piperazine rings is 1. The summed E-state index contributed by atoms with van der Waals surface area (Å²) in [5, 5.41) is 15.9. The number of hydrogen-bond acceptors (Lipinski definition) is 4. The number of aliphatic hydroxyl groups excluding tert-OH is 1. The lowest BCUT2D eigenvalue weighted by molar-refractivity contribution is 0.0295. The van der Waals surface area contributed by atoms with Gasteiger partial charge in [-0.2, -0.15) is 0 Å². The highest BCUT2D eigenvalue weighted by molar-refractivity contribution is 5.86. The van der Waals surface area contributed by atoms with Crippen LogP contribution in [0, 0.1) is 6.92 Å². The smallest absolute Gasteiger partial charge is 0.137 e. The average molecular weight is 674 g/mol. The van der Waals surface area contributed by atoms with Crippen molar-refractivity contribution < 1.29 is 5.11 Å². The Morgan fingerprint density at radius 3 is 1.62 bits per heavy atom. The zero-order chi connectivity index (χ0) is 30.1. The van der Waals surface area contributed by atoms with Crippen molar-refractivity contribution in [3.8, 4) is 11.4 Å². The second-order valence-electron chi connectivity index (χ2n) is 13.9. The highest BCUT2D eigenvalue weighted by Crippen LogP contribution is 2.40. The van der Waals surface area contributed by atoms with Crippen LogP contribution in [-0.4, -0.2) is 52.2 Å². The molecule has 5 rings (SSSR count). The van der Waals surface area contributed by atoms with Crippen LogP contribution in [0.1, 0.15) is 87.2 Å². The van der Waals surface area contributed by atoms with Gasteiger partial charge in [0, 0.05) is 43.4 Å². The maximum atomic E-state index is 12.4. The van der Waals surface area contributed by atoms with Crippen LogP contribution in [0.2, 0.25) is 0 Å². The van der Waals surface area contributed by atoms with Gasteiger partial charge in [-0.05, 0) is 40.0 Å². The molecule has 8 heteroatoms. The van der Waals surface area contributed by atoms with Gasteiger partial charge in [0.25, 0.3) is 0 Å². The van der Waals surface area contributed by atoms with Crippen LogP contribution in [0.15, 0.2) is 78.9 Å². The molecule has 0 spiro atoms. The van der Waals surface area contributed by atoms with Gasteiger partial charge in [-0.25, -0.2) is 4.98 Å². The molecule has 2 heterocycles. The summed E-state index contributed by atoms with van der Waals surface area (Å²) < 4.78 is 0. The summed E-state index contributed by atoms with van der Waals surface area (Å²) in [6.07, 6.45) is -0.786. The molecule has 2 atom stereocenters. The second kappa shape index (κ2) is 15.9. The van der Waals surface area contributed by atoms with Gasteiger partial charge < -0.3 is 15.4 Å². The third-order valence-electron chi connectivity index (χ3n) is 8.76. The van der Waals surface area contributed by atoms with Crippen molar-refractivity contribution in [2.45, 2.75) is 77.4 Å². The fourth-order valence-corrected chi connectivity index (χ4v) is 6.20. The van der Waals surface area contributed by atoms with Crippen molar-refractivity contribution in [2.75, 3.05) is 26.2 Å². The third kappa shape index (κ3) is 8.91. The first kappa shape index (κ1) is 38.8. The molecule has 0 bridgehead atoms. The van der Waals surface area contributed by atoms with Crippen LogP contribution >= 0.6 is 37.2 Å². The SMILES string of the molecule is Cc1[nH]c(-c2ccccc2)nc1C(O)C(C(c1ccc(C(C)(C)C)cc1)c1ccc(C(C)(C)C)cc1)N1CCNCC1.Cl.Cl.Cl. The molecule has 3 N–H and O–H groups in total. The van der Waals surface area contributed by atoms with E-state index in [0.29, 0.717) is 0 Å². The minimum absolute atomic E-state index is 0. The van der Waals surface area contributed by atoms with Gasteiger partial charge in [-0.3, -0.25) is 4.90 Å². The van der Waals surface area contributed by atoms with Crippen molar-refractivity contribution in [1.82, 2.24) is 20.2 Å². The minimum atomic E-state index is -0.786. The lowest BCUT2D eigenvalue weighted by Gasteiger charge is -2.42. The molecule has 0 amide bonds. The molecular formula is C37H51Cl3N4O. The largest absolute Gasteiger partial charge is 0.385 e. The first-order chi connectivity index (χ1) is 19.9. The number of aromatic amines is 1. The number of nitrogens with zero attached hydrogens (tertiary/aromatic N) is 2. The van der Waals surface area contributed by atoms with Gasteiger partial charge in [0.15, 0.2) is 0 Å². The number of H-pyrrole nitrogens is 1. The quantitative estimate of drug-likeness (QED) is 0.184. The number of aryl methyl sites for hydroxylation is 1. The minimum Gasteiger partial charge on any atom is -0.385 e. The molecule has 0 radical (unpaired) electrons. The molecule has 1 fully saturated rings. The summed E-state index contributed by atoms with van der Waals surface area (Å²) in [5.74, 6) is 0.749. The van der Waals surface area contributed by atoms with E-state index in [4.69, 9.17) is 4.98 Å². The van der Waals surface area contributed by atoms with E-state index in [-0.39, 0.29) is 60.0 Å². The van der Waals surface area contributed by atoms with Gasteiger partial charge >= 0.3 is 0 Å². The fourth-order valence-electron chi connectivity index (χ4n) is 6.20. The Morgan fingerprint density at radius 2 is 1.18 bits per heavy atom. The number of benzene rings is 3. The van der Waals surface area contributed by atoms with E-state index >= 15 is 0 Å². The van der Waals surface area contributed by atoms with Crippen molar-refractivity contribution >= 4 is 37.2 Å². The first-order valence-corrected chi connectivity index (χ1v) is 15.4. The lowest BCUT2D eigenvalue weighted by atomic mass is 9.78. The van der Waals surface area contributed by atoms with Crippen LogP contribution in [0.5, 0.6) is 0 Å². The van der Waals surface area contributed by atoms with E-state index in [1.807, 2.05) is 25.1 Å². The number of nitrogens with one attached hydrogen (secondary N) is 2. The van der Waals surface area contributed by atoms with E-state index in [1.165, 1.54) is 22.3 Å². The number of hydrogen-bond donors (Lipinski definition) is 3. The zero-order valence-corrected chi connectivity index (χ0v) is 30.1. The fraction of sp³-hybridized carbons (Fsp3) is 0.432. The van der Waals surface area contributed by atoms with Crippen LogP contribution in [0.3, 0.4) is 0 Å². The van der Waals surface area contributed by atoms with E-state index < -0.39 is 6.10 Å². The Balaban J connectivity index is 0.00000235. The Labute approximate surface area is 288 Å². The molecule has 246 valence electrons. The van der Waals surface area contributed by atoms with Crippen LogP contribution < -0.4 is 5.32 Å². The van der Waals surface area contributed by atoms with E-state index in [9.17, 15) is 5.11 Å². The Bertz CT molecular complexity index is 1400. The second-order valence-corrected chi connectivity index (χ2v) is 13.9. The summed E-state index contributed by atoms with van der Waals surface area (Å²) in [5.41, 5.74) is 7.83. The van der Waals surface area contributed by atoms with Crippen molar-refractivity contribution in [1.29, 1.82) is 0 Å². The maximum absolute atomic E-state index is 12.4. The Morgan fingerprint density at radius 1 is 0.711 bits per heavy atom. The molecule has 1 aliphatic rings. The normalized spacial score (nSPS) is 15.4. The summed E-state index contributed by atoms with van der Waals surface area (Å²) in [6.45, 7) is 19.1. The van der Waals surface area contributed by atoms with Crippen LogP contribution in [0.25, 0.3) is 11.4 Å². The molecule has 1 aliphatic heterocycles. The standard InChI is InChI=1S/C37H48N4O.3ClH/c1-25-32(40-35(39-25)28-11-9-8-10-12-28)34(42)33(41-23-21-38-22-24-41)31(26-13-17-29(18-14-26)36(2,3)4)27-15-19-30(20-16-27)37(5,6)7;;;/h8-20,31,33-34,38,42H,21-24H2,1-7H3,(H,39,40);3*1H. The summed E-state index contributed by atoms with van der Waals surface area (Å²) in [7, 11) is 0. The Kier molecular flexibility index (Phi) is 13.8. The van der Waals surface area contributed by atoms with Crippen molar-refractivity contribution in [3.05, 3.63) is 113 Å². The molecule has 45 heavy (non-hydrogen) atoms. The number of aliphatic hydroxyl groups is 1. The zero-order valence-electron chi connectivity index (χ0n) is 27.6. The van der Waals surface area contributed by atoms with Crippen LogP contribution in [0.4, 0.5) is 0 Å². The van der Waals surface area contributed by atoms with Crippen molar-refractivity contribution in [3.63, 3.8) is 0 Å². The van der Waals surface area contributed by atoms with Gasteiger partial charge in [-0.1, -0.05) is 120 Å². The highest BCUT2D eigenvalue weighted by Gasteiger charge is 2.39. The molecule has 3 aromatic carbocycles. The van der Waals surface area contributed by atoms with Gasteiger partial charge in [0.05, 0.1) is 11.7 Å². The Hall–Kier alpha value is -2.38. The van der Waals surface area contributed by atoms with Gasteiger partial charge in [-0.15, -0.1) is 37.2 Å². The summed E-state index contributed by atoms with van der Waals surface area (Å²) in [6, 6.07) is 28.1. The van der Waals surface area contributed by atoms with Crippen molar-refractivity contribution in [2.24, 2.45) is 0 Å². The van der Waals surface area contributed by atoms with E-state index in [0.717, 1.165) is 49.0 Å². The molecule has 2 unspecified atom stereocenters. The molecule has 5 nitrogen and oxygen atoms in total. The summed E-state index contributed by atoms with van der Waals surface area (Å²) >= 11 is 0. The molecule has 1 saturated heterocycles. The van der Waals surface area contributed by atoms with E-state index in [1.54, 1.807) is 0 Å². The number of aromatic nitrogens is 2. The number of halogens is 3. The van der Waals surface area contributed by atoms with Gasteiger partial charge in [0.2, 0.25) is 0 Å².